The number of rotatable bonds is 2. The van der Waals surface area contributed by atoms with E-state index < -0.39 is 0 Å². The van der Waals surface area contributed by atoms with Crippen LogP contribution in [0.25, 0.3) is 5.52 Å². The molecule has 1 amide bonds. The normalized spacial score (nSPS) is 10.4. The molecule has 2 aromatic rings. The molecule has 16 heavy (non-hydrogen) atoms. The Kier molecular flexibility index (Phi) is 2.52. The Morgan fingerprint density at radius 1 is 1.44 bits per heavy atom. The fourth-order valence-electron chi connectivity index (χ4n) is 1.55. The summed E-state index contributed by atoms with van der Waals surface area (Å²) >= 11 is 0. The average molecular weight is 218 g/mol. The Morgan fingerprint density at radius 2 is 2.19 bits per heavy atom. The fraction of sp³-hybridized carbons (Fsp3) is 0.273. The van der Waals surface area contributed by atoms with Crippen molar-refractivity contribution in [3.05, 3.63) is 30.1 Å². The molecule has 2 heterocycles. The molecule has 0 radical (unpaired) electrons. The Bertz CT molecular complexity index is 530. The van der Waals surface area contributed by atoms with E-state index in [0.717, 1.165) is 11.2 Å². The molecule has 0 saturated heterocycles. The van der Waals surface area contributed by atoms with Gasteiger partial charge in [0.05, 0.1) is 29.2 Å². The van der Waals surface area contributed by atoms with Crippen LogP contribution in [0.4, 0.5) is 5.69 Å². The van der Waals surface area contributed by atoms with Crippen LogP contribution in [0.3, 0.4) is 0 Å². The Labute approximate surface area is 93.7 Å². The zero-order valence-electron chi connectivity index (χ0n) is 9.56. The van der Waals surface area contributed by atoms with Crippen LogP contribution in [0.2, 0.25) is 0 Å². The van der Waals surface area contributed by atoms with Gasteiger partial charge >= 0.3 is 0 Å². The van der Waals surface area contributed by atoms with Gasteiger partial charge < -0.3 is 10.2 Å². The van der Waals surface area contributed by atoms with Gasteiger partial charge in [0.15, 0.2) is 0 Å². The van der Waals surface area contributed by atoms with Crippen molar-refractivity contribution in [3.8, 4) is 0 Å². The molecule has 0 spiro atoms. The molecule has 84 valence electrons. The lowest BCUT2D eigenvalue weighted by atomic mass is 10.2. The number of hydrogen-bond donors (Lipinski definition) is 1. The zero-order chi connectivity index (χ0) is 11.7. The second-order valence-corrected chi connectivity index (χ2v) is 3.75. The van der Waals surface area contributed by atoms with Crippen molar-refractivity contribution in [2.45, 2.75) is 0 Å². The Morgan fingerprint density at radius 3 is 2.81 bits per heavy atom. The molecule has 0 aliphatic rings. The number of hydrogen-bond acceptors (Lipinski definition) is 3. The lowest BCUT2D eigenvalue weighted by Gasteiger charge is -2.11. The molecule has 0 aliphatic carbocycles. The van der Waals surface area contributed by atoms with Crippen LogP contribution < -0.4 is 10.2 Å². The number of carbonyl (C=O) groups excluding carboxylic acids is 1. The van der Waals surface area contributed by atoms with E-state index in [1.54, 1.807) is 17.8 Å². The first-order valence-electron chi connectivity index (χ1n) is 5.00. The lowest BCUT2D eigenvalue weighted by Crippen LogP contribution is -2.17. The summed E-state index contributed by atoms with van der Waals surface area (Å²) in [5.74, 6) is -0.118. The SMILES string of the molecule is CNC(=O)c1cnn2cc(N(C)C)ccc12. The van der Waals surface area contributed by atoms with Gasteiger partial charge in [-0.05, 0) is 12.1 Å². The van der Waals surface area contributed by atoms with Gasteiger partial charge in [0.25, 0.3) is 5.91 Å². The molecule has 0 saturated carbocycles. The molecule has 2 rings (SSSR count). The van der Waals surface area contributed by atoms with Gasteiger partial charge in [0.1, 0.15) is 0 Å². The molecule has 1 N–H and O–H groups in total. The molecule has 0 aromatic carbocycles. The summed E-state index contributed by atoms with van der Waals surface area (Å²) in [5, 5.41) is 6.75. The number of nitrogens with zero attached hydrogens (tertiary/aromatic N) is 3. The average Bonchev–Trinajstić information content (AvgIpc) is 2.70. The van der Waals surface area contributed by atoms with E-state index in [0.29, 0.717) is 5.56 Å². The monoisotopic (exact) mass is 218 g/mol. The predicted octanol–water partition coefficient (Wildman–Crippen LogP) is 0.760. The molecule has 2 aromatic heterocycles. The summed E-state index contributed by atoms with van der Waals surface area (Å²) in [7, 11) is 5.54. The molecular formula is C11H14N4O. The maximum Gasteiger partial charge on any atom is 0.254 e. The van der Waals surface area contributed by atoms with Gasteiger partial charge in [-0.3, -0.25) is 4.79 Å². The van der Waals surface area contributed by atoms with Crippen molar-refractivity contribution in [1.82, 2.24) is 14.9 Å². The van der Waals surface area contributed by atoms with Crippen LogP contribution in [-0.4, -0.2) is 36.7 Å². The highest BCUT2D eigenvalue weighted by atomic mass is 16.1. The fourth-order valence-corrected chi connectivity index (χ4v) is 1.55. The molecule has 0 atom stereocenters. The summed E-state index contributed by atoms with van der Waals surface area (Å²) in [4.78, 5) is 13.5. The topological polar surface area (TPSA) is 49.6 Å². The van der Waals surface area contributed by atoms with Crippen molar-refractivity contribution in [2.24, 2.45) is 0 Å². The molecule has 0 bridgehead atoms. The van der Waals surface area contributed by atoms with E-state index in [2.05, 4.69) is 10.4 Å². The second kappa shape index (κ2) is 3.84. The largest absolute Gasteiger partial charge is 0.376 e. The summed E-state index contributed by atoms with van der Waals surface area (Å²) in [5.41, 5.74) is 2.44. The van der Waals surface area contributed by atoms with Crippen LogP contribution in [0.5, 0.6) is 0 Å². The molecule has 0 fully saturated rings. The number of nitrogens with one attached hydrogen (secondary N) is 1. The van der Waals surface area contributed by atoms with Gasteiger partial charge in [0, 0.05) is 21.1 Å². The molecular weight excluding hydrogens is 204 g/mol. The third-order valence-corrected chi connectivity index (χ3v) is 2.49. The van der Waals surface area contributed by atoms with Crippen molar-refractivity contribution >= 4 is 17.1 Å². The standard InChI is InChI=1S/C11H14N4O/c1-12-11(16)9-6-13-15-7-8(14(2)3)4-5-10(9)15/h4-7H,1-3H3,(H,12,16). The van der Waals surface area contributed by atoms with Crippen molar-refractivity contribution in [3.63, 3.8) is 0 Å². The van der Waals surface area contributed by atoms with Crippen LogP contribution in [0, 0.1) is 0 Å². The van der Waals surface area contributed by atoms with E-state index in [4.69, 9.17) is 0 Å². The Hall–Kier alpha value is -2.04. The number of carbonyl (C=O) groups is 1. The van der Waals surface area contributed by atoms with Crippen molar-refractivity contribution in [1.29, 1.82) is 0 Å². The van der Waals surface area contributed by atoms with E-state index in [-0.39, 0.29) is 5.91 Å². The Balaban J connectivity index is 2.54. The van der Waals surface area contributed by atoms with E-state index in [1.165, 1.54) is 0 Å². The molecule has 5 nitrogen and oxygen atoms in total. The van der Waals surface area contributed by atoms with E-state index >= 15 is 0 Å². The van der Waals surface area contributed by atoms with Gasteiger partial charge in [-0.2, -0.15) is 5.10 Å². The van der Waals surface area contributed by atoms with Crippen molar-refractivity contribution < 1.29 is 4.79 Å². The molecule has 0 unspecified atom stereocenters. The highest BCUT2D eigenvalue weighted by Gasteiger charge is 2.11. The minimum atomic E-state index is -0.118. The van der Waals surface area contributed by atoms with Gasteiger partial charge in [-0.1, -0.05) is 0 Å². The van der Waals surface area contributed by atoms with Gasteiger partial charge in [0.2, 0.25) is 0 Å². The highest BCUT2D eigenvalue weighted by Crippen LogP contribution is 2.16. The number of fused-ring (bicyclic) bond motifs is 1. The number of pyridine rings is 1. The second-order valence-electron chi connectivity index (χ2n) is 3.75. The lowest BCUT2D eigenvalue weighted by molar-refractivity contribution is 0.0964. The van der Waals surface area contributed by atoms with Crippen LogP contribution in [0.15, 0.2) is 24.5 Å². The van der Waals surface area contributed by atoms with Crippen LogP contribution >= 0.6 is 0 Å². The van der Waals surface area contributed by atoms with Gasteiger partial charge in [-0.15, -0.1) is 0 Å². The maximum absolute atomic E-state index is 11.5. The quantitative estimate of drug-likeness (QED) is 0.809. The predicted molar refractivity (Wildman–Crippen MR) is 62.9 cm³/mol. The summed E-state index contributed by atoms with van der Waals surface area (Å²) in [6.07, 6.45) is 3.47. The van der Waals surface area contributed by atoms with E-state index in [1.807, 2.05) is 37.3 Å². The van der Waals surface area contributed by atoms with Crippen molar-refractivity contribution in [2.75, 3.05) is 26.0 Å². The van der Waals surface area contributed by atoms with Gasteiger partial charge in [-0.25, -0.2) is 4.52 Å². The summed E-state index contributed by atoms with van der Waals surface area (Å²) in [6, 6.07) is 3.86. The third-order valence-electron chi connectivity index (χ3n) is 2.49. The summed E-state index contributed by atoms with van der Waals surface area (Å²) in [6.45, 7) is 0. The highest BCUT2D eigenvalue weighted by molar-refractivity contribution is 6.00. The zero-order valence-corrected chi connectivity index (χ0v) is 9.56. The first-order chi connectivity index (χ1) is 7.63. The smallest absolute Gasteiger partial charge is 0.254 e. The van der Waals surface area contributed by atoms with E-state index in [9.17, 15) is 4.79 Å². The number of anilines is 1. The molecule has 0 aliphatic heterocycles. The minimum Gasteiger partial charge on any atom is -0.376 e. The minimum absolute atomic E-state index is 0.118. The maximum atomic E-state index is 11.5. The van der Waals surface area contributed by atoms with Crippen LogP contribution in [-0.2, 0) is 0 Å². The van der Waals surface area contributed by atoms with Crippen LogP contribution in [0.1, 0.15) is 10.4 Å². The first-order valence-corrected chi connectivity index (χ1v) is 5.00. The number of aromatic nitrogens is 2. The molecule has 5 heteroatoms. The number of amides is 1. The summed E-state index contributed by atoms with van der Waals surface area (Å²) < 4.78 is 1.71. The first kappa shape index (κ1) is 10.5. The third kappa shape index (κ3) is 1.60.